The quantitative estimate of drug-likeness (QED) is 0.800. The van der Waals surface area contributed by atoms with Crippen LogP contribution < -0.4 is 5.73 Å². The van der Waals surface area contributed by atoms with Crippen molar-refractivity contribution in [1.82, 2.24) is 4.90 Å². The number of nitrogens with zero attached hydrogens (tertiary/aromatic N) is 1. The summed E-state index contributed by atoms with van der Waals surface area (Å²) in [6.45, 7) is 3.93. The smallest absolute Gasteiger partial charge is 0.129 e. The zero-order valence-electron chi connectivity index (χ0n) is 12.7. The summed E-state index contributed by atoms with van der Waals surface area (Å²) >= 11 is 5.85. The van der Waals surface area contributed by atoms with Crippen molar-refractivity contribution in [3.63, 3.8) is 0 Å². The lowest BCUT2D eigenvalue weighted by molar-refractivity contribution is 0.0821. The highest BCUT2D eigenvalue weighted by Gasteiger charge is 2.35. The number of hydrogen-bond acceptors (Lipinski definition) is 3. The van der Waals surface area contributed by atoms with Crippen molar-refractivity contribution in [1.29, 1.82) is 0 Å². The molecule has 0 saturated heterocycles. The number of halogens is 2. The Morgan fingerprint density at radius 1 is 1.48 bits per heavy atom. The van der Waals surface area contributed by atoms with Gasteiger partial charge >= 0.3 is 0 Å². The van der Waals surface area contributed by atoms with Crippen molar-refractivity contribution < 1.29 is 9.13 Å². The second-order valence-electron chi connectivity index (χ2n) is 5.73. The van der Waals surface area contributed by atoms with Crippen molar-refractivity contribution in [3.8, 4) is 0 Å². The fourth-order valence-corrected chi connectivity index (χ4v) is 3.06. The molecule has 2 rings (SSSR count). The first-order valence-electron chi connectivity index (χ1n) is 7.48. The molecule has 2 unspecified atom stereocenters. The van der Waals surface area contributed by atoms with Gasteiger partial charge in [-0.3, -0.25) is 4.90 Å². The average Bonchev–Trinajstić information content (AvgIpc) is 3.28. The van der Waals surface area contributed by atoms with Crippen LogP contribution in [0, 0.1) is 11.7 Å². The predicted molar refractivity (Wildman–Crippen MR) is 84.0 cm³/mol. The first kappa shape index (κ1) is 16.7. The number of methoxy groups -OCH3 is 1. The van der Waals surface area contributed by atoms with Gasteiger partial charge in [0.1, 0.15) is 5.82 Å². The van der Waals surface area contributed by atoms with Crippen LogP contribution in [0.5, 0.6) is 0 Å². The van der Waals surface area contributed by atoms with Crippen molar-refractivity contribution in [2.75, 3.05) is 26.8 Å². The Kier molecular flexibility index (Phi) is 5.99. The Bertz CT molecular complexity index is 468. The van der Waals surface area contributed by atoms with E-state index in [-0.39, 0.29) is 11.9 Å². The first-order chi connectivity index (χ1) is 10.1. The molecule has 1 aliphatic carbocycles. The molecule has 3 nitrogen and oxygen atoms in total. The maximum atomic E-state index is 14.3. The minimum atomic E-state index is -0.289. The highest BCUT2D eigenvalue weighted by Crippen LogP contribution is 2.38. The molecular weight excluding hydrogens is 291 g/mol. The second-order valence-corrected chi connectivity index (χ2v) is 6.16. The fourth-order valence-electron chi connectivity index (χ4n) is 2.90. The van der Waals surface area contributed by atoms with Gasteiger partial charge in [-0.2, -0.15) is 0 Å². The molecule has 0 amide bonds. The summed E-state index contributed by atoms with van der Waals surface area (Å²) in [5, 5.41) is 0.408. The van der Waals surface area contributed by atoms with Crippen molar-refractivity contribution >= 4 is 11.6 Å². The Balaban J connectivity index is 2.24. The van der Waals surface area contributed by atoms with Gasteiger partial charge in [-0.05, 0) is 37.8 Å². The van der Waals surface area contributed by atoms with E-state index in [2.05, 4.69) is 11.8 Å². The van der Waals surface area contributed by atoms with Crippen LogP contribution >= 0.6 is 11.6 Å². The van der Waals surface area contributed by atoms with Crippen LogP contribution in [0.25, 0.3) is 0 Å². The fraction of sp³-hybridized carbons (Fsp3) is 0.625. The summed E-state index contributed by atoms with van der Waals surface area (Å²) in [6, 6.07) is 5.06. The Hall–Kier alpha value is -0.680. The minimum Gasteiger partial charge on any atom is -0.383 e. The van der Waals surface area contributed by atoms with E-state index < -0.39 is 0 Å². The Labute approximate surface area is 131 Å². The number of hydrogen-bond donors (Lipinski definition) is 1. The summed E-state index contributed by atoms with van der Waals surface area (Å²) in [6.07, 6.45) is 2.48. The van der Waals surface area contributed by atoms with E-state index in [1.165, 1.54) is 18.9 Å². The normalized spacial score (nSPS) is 18.0. The third-order valence-electron chi connectivity index (χ3n) is 4.33. The third kappa shape index (κ3) is 4.16. The molecule has 0 aromatic heterocycles. The van der Waals surface area contributed by atoms with Crippen LogP contribution in [0.15, 0.2) is 18.2 Å². The van der Waals surface area contributed by atoms with Crippen molar-refractivity contribution in [2.45, 2.75) is 31.8 Å². The van der Waals surface area contributed by atoms with Gasteiger partial charge in [0.05, 0.1) is 12.6 Å². The lowest BCUT2D eigenvalue weighted by atomic mass is 10.0. The molecule has 2 atom stereocenters. The zero-order valence-corrected chi connectivity index (χ0v) is 13.4. The molecule has 0 aliphatic heterocycles. The summed E-state index contributed by atoms with van der Waals surface area (Å²) in [5.41, 5.74) is 6.58. The Morgan fingerprint density at radius 2 is 2.19 bits per heavy atom. The maximum absolute atomic E-state index is 14.3. The third-order valence-corrected chi connectivity index (χ3v) is 4.56. The molecular formula is C16H24ClFN2O. The standard InChI is InChI=1S/C16H24ClFN2O/c1-11(12-3-4-12)20(7-8-21-2)16(10-19)14-6-5-13(17)9-15(14)18/h5-6,9,11-12,16H,3-4,7-8,10,19H2,1-2H3. The van der Waals surface area contributed by atoms with Gasteiger partial charge < -0.3 is 10.5 Å². The zero-order chi connectivity index (χ0) is 15.4. The van der Waals surface area contributed by atoms with E-state index in [9.17, 15) is 4.39 Å². The average molecular weight is 315 g/mol. The van der Waals surface area contributed by atoms with Gasteiger partial charge in [-0.15, -0.1) is 0 Å². The highest BCUT2D eigenvalue weighted by atomic mass is 35.5. The van der Waals surface area contributed by atoms with Crippen LogP contribution in [0.1, 0.15) is 31.4 Å². The molecule has 1 fully saturated rings. The number of ether oxygens (including phenoxy) is 1. The van der Waals surface area contributed by atoms with Gasteiger partial charge in [-0.25, -0.2) is 4.39 Å². The van der Waals surface area contributed by atoms with Crippen molar-refractivity contribution in [3.05, 3.63) is 34.6 Å². The number of benzene rings is 1. The summed E-state index contributed by atoms with van der Waals surface area (Å²) < 4.78 is 19.5. The van der Waals surface area contributed by atoms with E-state index in [4.69, 9.17) is 22.1 Å². The summed E-state index contributed by atoms with van der Waals surface area (Å²) in [7, 11) is 1.68. The van der Waals surface area contributed by atoms with Crippen LogP contribution in [0.2, 0.25) is 5.02 Å². The van der Waals surface area contributed by atoms with Crippen LogP contribution in [-0.4, -0.2) is 37.7 Å². The molecule has 1 aromatic carbocycles. The predicted octanol–water partition coefficient (Wildman–Crippen LogP) is 3.23. The monoisotopic (exact) mass is 314 g/mol. The van der Waals surface area contributed by atoms with E-state index >= 15 is 0 Å². The van der Waals surface area contributed by atoms with Crippen molar-refractivity contribution in [2.24, 2.45) is 11.7 Å². The van der Waals surface area contributed by atoms with E-state index in [1.807, 2.05) is 0 Å². The topological polar surface area (TPSA) is 38.5 Å². The lowest BCUT2D eigenvalue weighted by Gasteiger charge is -2.36. The van der Waals surface area contributed by atoms with Gasteiger partial charge in [0.15, 0.2) is 0 Å². The SMILES string of the molecule is COCCN(C(CN)c1ccc(Cl)cc1F)C(C)C1CC1. The largest absolute Gasteiger partial charge is 0.383 e. The van der Waals surface area contributed by atoms with Gasteiger partial charge in [0, 0.05) is 36.8 Å². The molecule has 2 N–H and O–H groups in total. The van der Waals surface area contributed by atoms with E-state index in [0.29, 0.717) is 35.7 Å². The van der Waals surface area contributed by atoms with E-state index in [0.717, 1.165) is 6.54 Å². The number of nitrogens with two attached hydrogens (primary N) is 1. The Morgan fingerprint density at radius 3 is 2.71 bits per heavy atom. The molecule has 0 bridgehead atoms. The van der Waals surface area contributed by atoms with Crippen LogP contribution in [0.4, 0.5) is 4.39 Å². The molecule has 118 valence electrons. The second kappa shape index (κ2) is 7.54. The molecule has 0 spiro atoms. The molecule has 0 radical (unpaired) electrons. The highest BCUT2D eigenvalue weighted by molar-refractivity contribution is 6.30. The van der Waals surface area contributed by atoms with Gasteiger partial charge in [0.2, 0.25) is 0 Å². The molecule has 21 heavy (non-hydrogen) atoms. The maximum Gasteiger partial charge on any atom is 0.129 e. The number of rotatable bonds is 8. The molecule has 0 heterocycles. The van der Waals surface area contributed by atoms with Crippen LogP contribution in [0.3, 0.4) is 0 Å². The van der Waals surface area contributed by atoms with Crippen LogP contribution in [-0.2, 0) is 4.74 Å². The first-order valence-corrected chi connectivity index (χ1v) is 7.86. The van der Waals surface area contributed by atoms with Gasteiger partial charge in [0.25, 0.3) is 0 Å². The van der Waals surface area contributed by atoms with E-state index in [1.54, 1.807) is 19.2 Å². The van der Waals surface area contributed by atoms with Gasteiger partial charge in [-0.1, -0.05) is 17.7 Å². The molecule has 1 saturated carbocycles. The molecule has 1 aliphatic rings. The molecule has 1 aromatic rings. The summed E-state index contributed by atoms with van der Waals surface area (Å²) in [5.74, 6) is 0.398. The lowest BCUT2D eigenvalue weighted by Crippen LogP contribution is -2.43. The summed E-state index contributed by atoms with van der Waals surface area (Å²) in [4.78, 5) is 2.27. The minimum absolute atomic E-state index is 0.145. The molecule has 5 heteroatoms.